The number of thiazole rings is 1. The van der Waals surface area contributed by atoms with Crippen molar-refractivity contribution in [2.75, 3.05) is 32.8 Å². The first-order valence-electron chi connectivity index (χ1n) is 10.0. The highest BCUT2D eigenvalue weighted by Gasteiger charge is 2.20. The van der Waals surface area contributed by atoms with E-state index in [1.165, 1.54) is 11.1 Å². The lowest BCUT2D eigenvalue weighted by molar-refractivity contribution is -0.127. The van der Waals surface area contributed by atoms with Crippen LogP contribution >= 0.6 is 11.3 Å². The van der Waals surface area contributed by atoms with Gasteiger partial charge in [0.15, 0.2) is 0 Å². The van der Waals surface area contributed by atoms with E-state index in [0.29, 0.717) is 0 Å². The molecule has 2 aliphatic heterocycles. The van der Waals surface area contributed by atoms with Crippen molar-refractivity contribution in [2.45, 2.75) is 13.0 Å². The monoisotopic (exact) mass is 405 g/mol. The van der Waals surface area contributed by atoms with Crippen LogP contribution in [0.1, 0.15) is 16.1 Å². The van der Waals surface area contributed by atoms with Gasteiger partial charge in [0, 0.05) is 45.2 Å². The van der Waals surface area contributed by atoms with Crippen molar-refractivity contribution in [1.82, 2.24) is 14.8 Å². The molecule has 0 N–H and O–H groups in total. The van der Waals surface area contributed by atoms with Crippen LogP contribution in [0.3, 0.4) is 0 Å². The maximum atomic E-state index is 12.6. The number of piperazine rings is 1. The minimum Gasteiger partial charge on any atom is -0.493 e. The van der Waals surface area contributed by atoms with E-state index in [-0.39, 0.29) is 5.91 Å². The normalized spacial score (nSPS) is 17.0. The number of aromatic nitrogens is 1. The largest absolute Gasteiger partial charge is 0.493 e. The number of ether oxygens (including phenoxy) is 1. The second-order valence-corrected chi connectivity index (χ2v) is 8.56. The molecular formula is C23H23N3O2S. The fourth-order valence-electron chi connectivity index (χ4n) is 3.93. The Balaban J connectivity index is 1.15. The van der Waals surface area contributed by atoms with Gasteiger partial charge >= 0.3 is 0 Å². The Bertz CT molecular complexity index is 1030. The predicted octanol–water partition coefficient (Wildman–Crippen LogP) is 3.59. The minimum absolute atomic E-state index is 0.0681. The topological polar surface area (TPSA) is 45.7 Å². The molecule has 0 radical (unpaired) electrons. The van der Waals surface area contributed by atoms with E-state index >= 15 is 0 Å². The van der Waals surface area contributed by atoms with Gasteiger partial charge in [-0.25, -0.2) is 4.98 Å². The molecule has 2 aromatic carbocycles. The number of hydrogen-bond acceptors (Lipinski definition) is 5. The fourth-order valence-corrected chi connectivity index (χ4v) is 4.80. The van der Waals surface area contributed by atoms with E-state index in [0.717, 1.165) is 66.7 Å². The molecule has 1 amide bonds. The second kappa shape index (κ2) is 7.97. The molecule has 6 heteroatoms. The smallest absolute Gasteiger partial charge is 0.246 e. The average molecular weight is 406 g/mol. The molecule has 1 fully saturated rings. The highest BCUT2D eigenvalue weighted by atomic mass is 32.1. The summed E-state index contributed by atoms with van der Waals surface area (Å²) in [4.78, 5) is 21.5. The van der Waals surface area contributed by atoms with Crippen LogP contribution in [0, 0.1) is 0 Å². The van der Waals surface area contributed by atoms with Crippen LogP contribution < -0.4 is 4.74 Å². The molecule has 1 aromatic heterocycles. The van der Waals surface area contributed by atoms with Crippen LogP contribution in [0.25, 0.3) is 16.3 Å². The number of benzene rings is 2. The number of fused-ring (bicyclic) bond motifs is 2. The first-order chi connectivity index (χ1) is 14.2. The lowest BCUT2D eigenvalue weighted by Crippen LogP contribution is -2.47. The van der Waals surface area contributed by atoms with Gasteiger partial charge < -0.3 is 9.64 Å². The fraction of sp³-hybridized carbons (Fsp3) is 0.304. The van der Waals surface area contributed by atoms with Gasteiger partial charge in [0.25, 0.3) is 0 Å². The molecule has 5 rings (SSSR count). The summed E-state index contributed by atoms with van der Waals surface area (Å²) >= 11 is 1.61. The standard InChI is InChI=1S/C23H23N3O2S/c27-23(8-7-22-24-19-3-1-2-4-21(19)29-22)26-12-10-25(11-13-26)16-17-5-6-20-18(15-17)9-14-28-20/h1-8,15H,9-14,16H2/b8-7+. The molecular weight excluding hydrogens is 382 g/mol. The van der Waals surface area contributed by atoms with Gasteiger partial charge in [0.1, 0.15) is 10.8 Å². The average Bonchev–Trinajstić information content (AvgIpc) is 3.38. The number of carbonyl (C=O) groups excluding carboxylic acids is 1. The van der Waals surface area contributed by atoms with E-state index in [2.05, 4.69) is 34.1 Å². The van der Waals surface area contributed by atoms with Crippen molar-refractivity contribution >= 4 is 33.5 Å². The quantitative estimate of drug-likeness (QED) is 0.623. The zero-order chi connectivity index (χ0) is 19.6. The Morgan fingerprint density at radius 2 is 2.00 bits per heavy atom. The highest BCUT2D eigenvalue weighted by Crippen LogP contribution is 2.26. The summed E-state index contributed by atoms with van der Waals surface area (Å²) in [5.41, 5.74) is 3.62. The predicted molar refractivity (Wildman–Crippen MR) is 116 cm³/mol. The third kappa shape index (κ3) is 4.04. The minimum atomic E-state index is 0.0681. The number of carbonyl (C=O) groups is 1. The first-order valence-corrected chi connectivity index (χ1v) is 10.9. The van der Waals surface area contributed by atoms with Crippen molar-refractivity contribution in [1.29, 1.82) is 0 Å². The van der Waals surface area contributed by atoms with Crippen molar-refractivity contribution < 1.29 is 9.53 Å². The third-order valence-electron chi connectivity index (χ3n) is 5.52. The molecule has 3 heterocycles. The highest BCUT2D eigenvalue weighted by molar-refractivity contribution is 7.19. The Kier molecular flexibility index (Phi) is 5.04. The van der Waals surface area contributed by atoms with Crippen molar-refractivity contribution in [3.8, 4) is 5.75 Å². The zero-order valence-electron chi connectivity index (χ0n) is 16.2. The van der Waals surface area contributed by atoms with E-state index in [9.17, 15) is 4.79 Å². The summed E-state index contributed by atoms with van der Waals surface area (Å²) in [6.07, 6.45) is 4.51. The maximum absolute atomic E-state index is 12.6. The van der Waals surface area contributed by atoms with Gasteiger partial charge in [-0.3, -0.25) is 9.69 Å². The van der Waals surface area contributed by atoms with E-state index in [4.69, 9.17) is 4.74 Å². The summed E-state index contributed by atoms with van der Waals surface area (Å²) in [5.74, 6) is 1.10. The first kappa shape index (κ1) is 18.3. The lowest BCUT2D eigenvalue weighted by atomic mass is 10.1. The summed E-state index contributed by atoms with van der Waals surface area (Å²) in [5, 5.41) is 0.874. The van der Waals surface area contributed by atoms with Crippen molar-refractivity contribution in [2.24, 2.45) is 0 Å². The molecule has 0 atom stereocenters. The number of para-hydroxylation sites is 1. The number of rotatable bonds is 4. The van der Waals surface area contributed by atoms with Gasteiger partial charge in [-0.05, 0) is 35.4 Å². The molecule has 0 unspecified atom stereocenters. The van der Waals surface area contributed by atoms with Crippen LogP contribution in [0.4, 0.5) is 0 Å². The van der Waals surface area contributed by atoms with E-state index in [1.807, 2.05) is 29.2 Å². The molecule has 0 saturated carbocycles. The SMILES string of the molecule is O=C(/C=C/c1nc2ccccc2s1)N1CCN(Cc2ccc3c(c2)CCO3)CC1. The summed E-state index contributed by atoms with van der Waals surface area (Å²) < 4.78 is 6.73. The van der Waals surface area contributed by atoms with Gasteiger partial charge in [-0.1, -0.05) is 24.3 Å². The molecule has 3 aromatic rings. The van der Waals surface area contributed by atoms with Gasteiger partial charge in [-0.15, -0.1) is 11.3 Å². The molecule has 5 nitrogen and oxygen atoms in total. The van der Waals surface area contributed by atoms with Crippen LogP contribution in [0.15, 0.2) is 48.5 Å². The van der Waals surface area contributed by atoms with E-state index < -0.39 is 0 Å². The molecule has 0 bridgehead atoms. The van der Waals surface area contributed by atoms with Gasteiger partial charge in [0.05, 0.1) is 16.8 Å². The summed E-state index contributed by atoms with van der Waals surface area (Å²) in [6.45, 7) is 5.04. The van der Waals surface area contributed by atoms with Crippen LogP contribution in [0.5, 0.6) is 5.75 Å². The van der Waals surface area contributed by atoms with E-state index in [1.54, 1.807) is 17.4 Å². The van der Waals surface area contributed by atoms with Crippen LogP contribution in [-0.4, -0.2) is 53.5 Å². The molecule has 0 spiro atoms. The van der Waals surface area contributed by atoms with Crippen LogP contribution in [-0.2, 0) is 17.8 Å². The number of hydrogen-bond donors (Lipinski definition) is 0. The molecule has 29 heavy (non-hydrogen) atoms. The zero-order valence-corrected chi connectivity index (χ0v) is 17.0. The second-order valence-electron chi connectivity index (χ2n) is 7.50. The Morgan fingerprint density at radius 3 is 2.86 bits per heavy atom. The third-order valence-corrected chi connectivity index (χ3v) is 6.52. The molecule has 1 saturated heterocycles. The van der Waals surface area contributed by atoms with Gasteiger partial charge in [-0.2, -0.15) is 0 Å². The molecule has 0 aliphatic carbocycles. The number of nitrogens with zero attached hydrogens (tertiary/aromatic N) is 3. The van der Waals surface area contributed by atoms with Crippen molar-refractivity contribution in [3.63, 3.8) is 0 Å². The lowest BCUT2D eigenvalue weighted by Gasteiger charge is -2.34. The summed E-state index contributed by atoms with van der Waals surface area (Å²) in [7, 11) is 0. The van der Waals surface area contributed by atoms with Gasteiger partial charge in [0.2, 0.25) is 5.91 Å². The molecule has 148 valence electrons. The van der Waals surface area contributed by atoms with Crippen LogP contribution in [0.2, 0.25) is 0 Å². The Hall–Kier alpha value is -2.70. The Labute approximate surface area is 174 Å². The Morgan fingerprint density at radius 1 is 1.14 bits per heavy atom. The maximum Gasteiger partial charge on any atom is 0.246 e. The van der Waals surface area contributed by atoms with Crippen molar-refractivity contribution in [3.05, 3.63) is 64.7 Å². The molecule has 2 aliphatic rings. The summed E-state index contributed by atoms with van der Waals surface area (Å²) in [6, 6.07) is 14.6. The number of amides is 1.